The molecule has 0 rings (SSSR count). The fraction of sp³-hybridized carbons (Fsp3) is 0.571. The molecule has 76 valence electrons. The molecule has 0 spiro atoms. The van der Waals surface area contributed by atoms with Crippen molar-refractivity contribution < 1.29 is 22.7 Å². The first-order valence-electron chi connectivity index (χ1n) is 3.44. The van der Waals surface area contributed by atoms with Gasteiger partial charge in [-0.2, -0.15) is 13.2 Å². The van der Waals surface area contributed by atoms with Crippen molar-refractivity contribution in [3.05, 3.63) is 11.8 Å². The number of rotatable bonds is 2. The summed E-state index contributed by atoms with van der Waals surface area (Å²) in [6.07, 6.45) is -5.86. The summed E-state index contributed by atoms with van der Waals surface area (Å²) in [5, 5.41) is 0. The van der Waals surface area contributed by atoms with Gasteiger partial charge in [0, 0.05) is 11.8 Å². The topological polar surface area (TPSA) is 52.3 Å². The van der Waals surface area contributed by atoms with E-state index >= 15 is 0 Å². The highest BCUT2D eigenvalue weighted by atomic mass is 19.4. The summed E-state index contributed by atoms with van der Waals surface area (Å²) in [5.41, 5.74) is 5.15. The summed E-state index contributed by atoms with van der Waals surface area (Å²) in [4.78, 5) is 10.6. The Kier molecular flexibility index (Phi) is 3.77. The smallest absolute Gasteiger partial charge is 0.425 e. The lowest BCUT2D eigenvalue weighted by atomic mass is 10.4. The lowest BCUT2D eigenvalue weighted by Crippen LogP contribution is -2.30. The minimum atomic E-state index is -4.54. The van der Waals surface area contributed by atoms with Crippen molar-refractivity contribution >= 4 is 5.97 Å². The molecule has 0 fully saturated rings. The Morgan fingerprint density at radius 2 is 2.00 bits per heavy atom. The van der Waals surface area contributed by atoms with Gasteiger partial charge in [-0.25, -0.2) is 4.79 Å². The first kappa shape index (κ1) is 11.8. The van der Waals surface area contributed by atoms with E-state index in [4.69, 9.17) is 5.73 Å². The first-order chi connectivity index (χ1) is 5.73. The highest BCUT2D eigenvalue weighted by Gasteiger charge is 2.38. The van der Waals surface area contributed by atoms with Gasteiger partial charge >= 0.3 is 12.1 Å². The predicted molar refractivity (Wildman–Crippen MR) is 39.6 cm³/mol. The maximum absolute atomic E-state index is 11.8. The van der Waals surface area contributed by atoms with E-state index in [1.165, 1.54) is 6.92 Å². The van der Waals surface area contributed by atoms with Crippen LogP contribution >= 0.6 is 0 Å². The molecule has 13 heavy (non-hydrogen) atoms. The number of carbonyl (C=O) groups excluding carboxylic acids is 1. The molecule has 0 aromatic rings. The molecule has 6 heteroatoms. The molecule has 0 aromatic carbocycles. The van der Waals surface area contributed by atoms with E-state index in [2.05, 4.69) is 4.74 Å². The van der Waals surface area contributed by atoms with Crippen molar-refractivity contribution in [2.75, 3.05) is 0 Å². The number of ether oxygens (including phenoxy) is 1. The standard InChI is InChI=1S/C7H10F3NO2/c1-4(11)3-6(12)13-5(2)7(8,9)10/h3,5H,11H2,1-2H3. The molecule has 1 unspecified atom stereocenters. The second-order valence-electron chi connectivity index (χ2n) is 2.51. The number of nitrogens with two attached hydrogens (primary N) is 1. The van der Waals surface area contributed by atoms with Crippen LogP contribution in [0.3, 0.4) is 0 Å². The molecule has 0 aliphatic heterocycles. The largest absolute Gasteiger partial charge is 0.450 e. The van der Waals surface area contributed by atoms with Gasteiger partial charge in [-0.15, -0.1) is 0 Å². The van der Waals surface area contributed by atoms with Gasteiger partial charge < -0.3 is 10.5 Å². The molecule has 2 N–H and O–H groups in total. The fourth-order valence-corrected chi connectivity index (χ4v) is 0.461. The summed E-state index contributed by atoms with van der Waals surface area (Å²) in [7, 11) is 0. The minimum Gasteiger partial charge on any atom is -0.450 e. The molecule has 0 saturated heterocycles. The van der Waals surface area contributed by atoms with Crippen LogP contribution in [0.15, 0.2) is 11.8 Å². The van der Waals surface area contributed by atoms with Crippen molar-refractivity contribution in [2.24, 2.45) is 5.73 Å². The third-order valence-electron chi connectivity index (χ3n) is 1.10. The van der Waals surface area contributed by atoms with E-state index in [1.54, 1.807) is 0 Å². The average molecular weight is 197 g/mol. The van der Waals surface area contributed by atoms with Gasteiger partial charge in [0.1, 0.15) is 0 Å². The Labute approximate surface area is 73.4 Å². The van der Waals surface area contributed by atoms with Gasteiger partial charge in [0.25, 0.3) is 0 Å². The van der Waals surface area contributed by atoms with Gasteiger partial charge in [0.15, 0.2) is 6.10 Å². The van der Waals surface area contributed by atoms with Crippen LogP contribution in [0.4, 0.5) is 13.2 Å². The molecule has 0 radical (unpaired) electrons. The number of hydrogen-bond donors (Lipinski definition) is 1. The maximum atomic E-state index is 11.8. The Bertz CT molecular complexity index is 218. The zero-order valence-electron chi connectivity index (χ0n) is 7.18. The van der Waals surface area contributed by atoms with Crippen molar-refractivity contribution in [3.8, 4) is 0 Å². The van der Waals surface area contributed by atoms with Gasteiger partial charge in [0.2, 0.25) is 0 Å². The number of alkyl halides is 3. The van der Waals surface area contributed by atoms with E-state index in [0.29, 0.717) is 0 Å². The normalized spacial score (nSPS) is 15.3. The molecule has 1 atom stereocenters. The zero-order chi connectivity index (χ0) is 10.6. The molecule has 0 amide bonds. The van der Waals surface area contributed by atoms with Crippen molar-refractivity contribution in [1.29, 1.82) is 0 Å². The summed E-state index contributed by atoms with van der Waals surface area (Å²) in [6, 6.07) is 0. The van der Waals surface area contributed by atoms with Crippen LogP contribution in [0.5, 0.6) is 0 Å². The molecule has 0 aromatic heterocycles. The van der Waals surface area contributed by atoms with Crippen LogP contribution in [0, 0.1) is 0 Å². The lowest BCUT2D eigenvalue weighted by Gasteiger charge is -2.14. The Morgan fingerprint density at radius 1 is 1.54 bits per heavy atom. The highest BCUT2D eigenvalue weighted by molar-refractivity contribution is 5.82. The Morgan fingerprint density at radius 3 is 2.31 bits per heavy atom. The van der Waals surface area contributed by atoms with Gasteiger partial charge in [0.05, 0.1) is 0 Å². The second-order valence-corrected chi connectivity index (χ2v) is 2.51. The van der Waals surface area contributed by atoms with Crippen molar-refractivity contribution in [2.45, 2.75) is 26.1 Å². The molecular weight excluding hydrogens is 187 g/mol. The van der Waals surface area contributed by atoms with E-state index in [-0.39, 0.29) is 5.70 Å². The summed E-state index contributed by atoms with van der Waals surface area (Å²) in [5.74, 6) is -1.09. The Hall–Kier alpha value is -1.20. The van der Waals surface area contributed by atoms with Crippen molar-refractivity contribution in [1.82, 2.24) is 0 Å². The predicted octanol–water partition coefficient (Wildman–Crippen LogP) is 1.34. The molecule has 3 nitrogen and oxygen atoms in total. The number of carbonyl (C=O) groups is 1. The average Bonchev–Trinajstić information content (AvgIpc) is 1.82. The number of allylic oxidation sites excluding steroid dienone is 1. The first-order valence-corrected chi connectivity index (χ1v) is 3.44. The summed E-state index contributed by atoms with van der Waals surface area (Å²) in [6.45, 7) is 2.12. The van der Waals surface area contributed by atoms with E-state index < -0.39 is 18.2 Å². The Balaban J connectivity index is 4.16. The quantitative estimate of drug-likeness (QED) is 0.536. The monoisotopic (exact) mass is 197 g/mol. The molecule has 0 heterocycles. The number of esters is 1. The van der Waals surface area contributed by atoms with Gasteiger partial charge in [-0.05, 0) is 13.8 Å². The van der Waals surface area contributed by atoms with Crippen molar-refractivity contribution in [3.63, 3.8) is 0 Å². The van der Waals surface area contributed by atoms with Gasteiger partial charge in [-0.1, -0.05) is 0 Å². The van der Waals surface area contributed by atoms with Crippen LogP contribution in [0.2, 0.25) is 0 Å². The van der Waals surface area contributed by atoms with Crippen LogP contribution in [-0.4, -0.2) is 18.2 Å². The number of hydrogen-bond acceptors (Lipinski definition) is 3. The molecule has 0 aliphatic rings. The maximum Gasteiger partial charge on any atom is 0.425 e. The molecular formula is C7H10F3NO2. The number of halogens is 3. The third kappa shape index (κ3) is 5.10. The summed E-state index contributed by atoms with van der Waals surface area (Å²) < 4.78 is 39.5. The minimum absolute atomic E-state index is 0.0966. The van der Waals surface area contributed by atoms with Crippen LogP contribution in [-0.2, 0) is 9.53 Å². The molecule has 0 bridgehead atoms. The molecule has 0 aliphatic carbocycles. The fourth-order valence-electron chi connectivity index (χ4n) is 0.461. The lowest BCUT2D eigenvalue weighted by molar-refractivity contribution is -0.213. The second kappa shape index (κ2) is 4.15. The van der Waals surface area contributed by atoms with E-state index in [1.807, 2.05) is 0 Å². The SMILES string of the molecule is CC(N)=CC(=O)OC(C)C(F)(F)F. The third-order valence-corrected chi connectivity index (χ3v) is 1.10. The van der Waals surface area contributed by atoms with E-state index in [9.17, 15) is 18.0 Å². The van der Waals surface area contributed by atoms with Crippen LogP contribution in [0.25, 0.3) is 0 Å². The summed E-state index contributed by atoms with van der Waals surface area (Å²) >= 11 is 0. The van der Waals surface area contributed by atoms with Crippen LogP contribution < -0.4 is 5.73 Å². The van der Waals surface area contributed by atoms with Gasteiger partial charge in [-0.3, -0.25) is 0 Å². The zero-order valence-corrected chi connectivity index (χ0v) is 7.18. The molecule has 0 saturated carbocycles. The highest BCUT2D eigenvalue weighted by Crippen LogP contribution is 2.22. The van der Waals surface area contributed by atoms with Crippen LogP contribution in [0.1, 0.15) is 13.8 Å². The van der Waals surface area contributed by atoms with E-state index in [0.717, 1.165) is 13.0 Å².